The van der Waals surface area contributed by atoms with Gasteiger partial charge in [-0.25, -0.2) is 0 Å². The van der Waals surface area contributed by atoms with Crippen LogP contribution in [0.5, 0.6) is 0 Å². The van der Waals surface area contributed by atoms with Gasteiger partial charge in [0.1, 0.15) is 0 Å². The summed E-state index contributed by atoms with van der Waals surface area (Å²) in [5.74, 6) is 1.68. The third-order valence-electron chi connectivity index (χ3n) is 4.20. The average molecular weight is 358 g/mol. The van der Waals surface area contributed by atoms with Gasteiger partial charge in [-0.2, -0.15) is 0 Å². The fourth-order valence-corrected chi connectivity index (χ4v) is 3.80. The molecule has 0 fully saturated rings. The first-order valence-corrected chi connectivity index (χ1v) is 9.40. The number of pyridine rings is 1. The van der Waals surface area contributed by atoms with E-state index in [0.717, 1.165) is 28.0 Å². The number of nitrogens with zero attached hydrogens (tertiary/aromatic N) is 4. The Kier molecular flexibility index (Phi) is 4.80. The van der Waals surface area contributed by atoms with Crippen LogP contribution < -0.4 is 0 Å². The average Bonchev–Trinajstić information content (AvgIpc) is 3.13. The lowest BCUT2D eigenvalue weighted by molar-refractivity contribution is 0.886. The molecule has 0 spiro atoms. The van der Waals surface area contributed by atoms with E-state index in [0.29, 0.717) is 0 Å². The molecule has 2 aromatic carbocycles. The topological polar surface area (TPSA) is 43.6 Å². The highest BCUT2D eigenvalue weighted by molar-refractivity contribution is 7.98. The van der Waals surface area contributed by atoms with Gasteiger partial charge in [-0.05, 0) is 42.3 Å². The molecule has 0 aliphatic heterocycles. The van der Waals surface area contributed by atoms with Gasteiger partial charge in [-0.1, -0.05) is 54.2 Å². The van der Waals surface area contributed by atoms with Crippen LogP contribution in [0.4, 0.5) is 0 Å². The normalized spacial score (nSPS) is 10.8. The number of thioether (sulfide) groups is 1. The Hall–Kier alpha value is -2.92. The fraction of sp³-hybridized carbons (Fsp3) is 0.0952. The van der Waals surface area contributed by atoms with Gasteiger partial charge in [-0.3, -0.25) is 9.55 Å². The van der Waals surface area contributed by atoms with Gasteiger partial charge in [0.2, 0.25) is 0 Å². The van der Waals surface area contributed by atoms with E-state index in [-0.39, 0.29) is 0 Å². The zero-order valence-corrected chi connectivity index (χ0v) is 15.2. The molecule has 0 bridgehead atoms. The van der Waals surface area contributed by atoms with Gasteiger partial charge in [-0.15, -0.1) is 10.2 Å². The Bertz CT molecular complexity index is 997. The molecule has 4 aromatic rings. The van der Waals surface area contributed by atoms with Crippen molar-refractivity contribution in [3.63, 3.8) is 0 Å². The first-order chi connectivity index (χ1) is 12.8. The summed E-state index contributed by atoms with van der Waals surface area (Å²) in [4.78, 5) is 4.10. The van der Waals surface area contributed by atoms with Crippen molar-refractivity contribution in [2.75, 3.05) is 0 Å². The lowest BCUT2D eigenvalue weighted by Gasteiger charge is -2.10. The summed E-state index contributed by atoms with van der Waals surface area (Å²) in [7, 11) is 0. The van der Waals surface area contributed by atoms with Crippen LogP contribution in [0.3, 0.4) is 0 Å². The summed E-state index contributed by atoms with van der Waals surface area (Å²) >= 11 is 1.70. The Labute approximate surface area is 157 Å². The molecule has 0 atom stereocenters. The number of rotatable bonds is 5. The Balaban J connectivity index is 1.73. The molecule has 0 saturated carbocycles. The standard InChI is InChI=1S/C21H18N4S/c1-16-7-5-6-8-18(16)15-26-21-24-23-20(17-11-13-22-14-12-17)25(21)19-9-3-2-4-10-19/h2-14H,15H2,1H3. The minimum absolute atomic E-state index is 0.825. The van der Waals surface area contributed by atoms with E-state index in [1.165, 1.54) is 11.1 Å². The van der Waals surface area contributed by atoms with Crippen LogP contribution >= 0.6 is 11.8 Å². The number of hydrogen-bond acceptors (Lipinski definition) is 4. The second-order valence-electron chi connectivity index (χ2n) is 5.93. The van der Waals surface area contributed by atoms with E-state index in [1.54, 1.807) is 24.2 Å². The van der Waals surface area contributed by atoms with E-state index in [1.807, 2.05) is 30.3 Å². The molecule has 5 heteroatoms. The predicted molar refractivity (Wildman–Crippen MR) is 105 cm³/mol. The molecule has 0 saturated heterocycles. The maximum Gasteiger partial charge on any atom is 0.196 e. The molecule has 128 valence electrons. The van der Waals surface area contributed by atoms with Crippen LogP contribution in [-0.4, -0.2) is 19.7 Å². The third kappa shape index (κ3) is 3.39. The van der Waals surface area contributed by atoms with Crippen molar-refractivity contribution in [1.29, 1.82) is 0 Å². The molecule has 0 aliphatic carbocycles. The number of aryl methyl sites for hydroxylation is 1. The van der Waals surface area contributed by atoms with Crippen LogP contribution in [0.2, 0.25) is 0 Å². The quantitative estimate of drug-likeness (QED) is 0.475. The number of benzene rings is 2. The zero-order chi connectivity index (χ0) is 17.8. The molecule has 0 aliphatic rings. The maximum absolute atomic E-state index is 4.47. The first-order valence-electron chi connectivity index (χ1n) is 8.41. The molecule has 26 heavy (non-hydrogen) atoms. The minimum Gasteiger partial charge on any atom is -0.270 e. The lowest BCUT2D eigenvalue weighted by atomic mass is 10.1. The molecule has 0 amide bonds. The molecule has 0 radical (unpaired) electrons. The zero-order valence-electron chi connectivity index (χ0n) is 14.4. The van der Waals surface area contributed by atoms with Crippen molar-refractivity contribution in [2.45, 2.75) is 17.8 Å². The predicted octanol–water partition coefficient (Wildman–Crippen LogP) is 4.93. The van der Waals surface area contributed by atoms with Crippen molar-refractivity contribution in [1.82, 2.24) is 19.7 Å². The molecule has 4 rings (SSSR count). The molecular weight excluding hydrogens is 340 g/mol. The Morgan fingerprint density at radius 2 is 1.58 bits per heavy atom. The van der Waals surface area contributed by atoms with E-state index in [4.69, 9.17) is 0 Å². The van der Waals surface area contributed by atoms with Gasteiger partial charge in [0, 0.05) is 29.4 Å². The number of hydrogen-bond donors (Lipinski definition) is 0. The van der Waals surface area contributed by atoms with Crippen LogP contribution in [0, 0.1) is 6.92 Å². The van der Waals surface area contributed by atoms with Crippen LogP contribution in [0.25, 0.3) is 17.1 Å². The fourth-order valence-electron chi connectivity index (χ4n) is 2.78. The first kappa shape index (κ1) is 16.5. The highest BCUT2D eigenvalue weighted by Gasteiger charge is 2.16. The second-order valence-corrected chi connectivity index (χ2v) is 6.87. The summed E-state index contributed by atoms with van der Waals surface area (Å²) < 4.78 is 2.11. The molecule has 2 heterocycles. The van der Waals surface area contributed by atoms with E-state index < -0.39 is 0 Å². The Morgan fingerprint density at radius 3 is 2.35 bits per heavy atom. The highest BCUT2D eigenvalue weighted by atomic mass is 32.2. The largest absolute Gasteiger partial charge is 0.270 e. The number of aromatic nitrogens is 4. The smallest absolute Gasteiger partial charge is 0.196 e. The molecule has 0 N–H and O–H groups in total. The third-order valence-corrected chi connectivity index (χ3v) is 5.18. The maximum atomic E-state index is 4.47. The monoisotopic (exact) mass is 358 g/mol. The van der Waals surface area contributed by atoms with Crippen molar-refractivity contribution >= 4 is 11.8 Å². The summed E-state index contributed by atoms with van der Waals surface area (Å²) in [5.41, 5.74) is 4.65. The van der Waals surface area contributed by atoms with Gasteiger partial charge >= 0.3 is 0 Å². The summed E-state index contributed by atoms with van der Waals surface area (Å²) in [6, 6.07) is 22.6. The molecule has 0 unspecified atom stereocenters. The van der Waals surface area contributed by atoms with Crippen LogP contribution in [-0.2, 0) is 5.75 Å². The van der Waals surface area contributed by atoms with Crippen molar-refractivity contribution in [3.8, 4) is 17.1 Å². The lowest BCUT2D eigenvalue weighted by Crippen LogP contribution is -1.99. The second kappa shape index (κ2) is 7.54. The highest BCUT2D eigenvalue weighted by Crippen LogP contribution is 2.30. The van der Waals surface area contributed by atoms with Crippen LogP contribution in [0.15, 0.2) is 84.3 Å². The van der Waals surface area contributed by atoms with Gasteiger partial charge in [0.15, 0.2) is 11.0 Å². The van der Waals surface area contributed by atoms with Gasteiger partial charge in [0.25, 0.3) is 0 Å². The van der Waals surface area contributed by atoms with Crippen molar-refractivity contribution < 1.29 is 0 Å². The SMILES string of the molecule is Cc1ccccc1CSc1nnc(-c2ccncc2)n1-c1ccccc1. The summed E-state index contributed by atoms with van der Waals surface area (Å²) in [6.45, 7) is 2.14. The van der Waals surface area contributed by atoms with Gasteiger partial charge < -0.3 is 0 Å². The molecule has 2 aromatic heterocycles. The Morgan fingerprint density at radius 1 is 0.846 bits per heavy atom. The van der Waals surface area contributed by atoms with E-state index >= 15 is 0 Å². The molecule has 4 nitrogen and oxygen atoms in total. The minimum atomic E-state index is 0.825. The van der Waals surface area contributed by atoms with E-state index in [9.17, 15) is 0 Å². The van der Waals surface area contributed by atoms with Crippen molar-refractivity contribution in [2.24, 2.45) is 0 Å². The van der Waals surface area contributed by atoms with E-state index in [2.05, 4.69) is 63.1 Å². The number of para-hydroxylation sites is 1. The van der Waals surface area contributed by atoms with Crippen LogP contribution in [0.1, 0.15) is 11.1 Å². The van der Waals surface area contributed by atoms with Gasteiger partial charge in [0.05, 0.1) is 0 Å². The summed E-state index contributed by atoms with van der Waals surface area (Å²) in [5, 5.41) is 9.81. The molecular formula is C21H18N4S. The van der Waals surface area contributed by atoms with Crippen molar-refractivity contribution in [3.05, 3.63) is 90.3 Å². The summed E-state index contributed by atoms with van der Waals surface area (Å²) in [6.07, 6.45) is 3.55.